The molecule has 2 rings (SSSR count). The first kappa shape index (κ1) is 19.3. The van der Waals surface area contributed by atoms with Crippen molar-refractivity contribution < 1.29 is 10.2 Å². The van der Waals surface area contributed by atoms with E-state index in [0.29, 0.717) is 5.75 Å². The molecule has 0 amide bonds. The average molecular weight is 341 g/mol. The summed E-state index contributed by atoms with van der Waals surface area (Å²) in [6.45, 7) is 10.7. The third-order valence-electron chi connectivity index (χ3n) is 4.78. The Morgan fingerprint density at radius 2 is 1.52 bits per heavy atom. The highest BCUT2D eigenvalue weighted by Crippen LogP contribution is 2.43. The molecule has 2 aromatic rings. The van der Waals surface area contributed by atoms with Gasteiger partial charge in [-0.3, -0.25) is 0 Å². The van der Waals surface area contributed by atoms with Crippen molar-refractivity contribution in [1.82, 2.24) is 0 Å². The molecular weight excluding hydrogens is 310 g/mol. The van der Waals surface area contributed by atoms with Crippen molar-refractivity contribution >= 4 is 5.69 Å². The number of aromatic hydroxyl groups is 1. The summed E-state index contributed by atoms with van der Waals surface area (Å²) in [7, 11) is 0. The highest BCUT2D eigenvalue weighted by atomic mass is 16.3. The van der Waals surface area contributed by atoms with Gasteiger partial charge in [-0.25, -0.2) is 0 Å². The van der Waals surface area contributed by atoms with E-state index in [1.807, 2.05) is 24.3 Å². The topological polar surface area (TPSA) is 43.7 Å². The van der Waals surface area contributed by atoms with Gasteiger partial charge in [0.2, 0.25) is 0 Å². The summed E-state index contributed by atoms with van der Waals surface area (Å²) in [5, 5.41) is 20.7. The molecule has 0 saturated carbocycles. The fourth-order valence-electron chi connectivity index (χ4n) is 3.82. The highest BCUT2D eigenvalue weighted by Gasteiger charge is 2.27. The summed E-state index contributed by atoms with van der Waals surface area (Å²) in [6, 6.07) is 14.4. The number of phenols is 1. The van der Waals surface area contributed by atoms with Gasteiger partial charge in [0, 0.05) is 29.1 Å². The van der Waals surface area contributed by atoms with Crippen LogP contribution in [0.2, 0.25) is 0 Å². The van der Waals surface area contributed by atoms with Crippen LogP contribution in [0.3, 0.4) is 0 Å². The van der Waals surface area contributed by atoms with E-state index in [1.54, 1.807) is 6.07 Å². The van der Waals surface area contributed by atoms with Gasteiger partial charge in [-0.15, -0.1) is 0 Å². The molecule has 0 aliphatic rings. The summed E-state index contributed by atoms with van der Waals surface area (Å²) in [6.07, 6.45) is 0.878. The molecule has 2 aromatic carbocycles. The van der Waals surface area contributed by atoms with E-state index < -0.39 is 0 Å². The second kappa shape index (κ2) is 8.39. The molecule has 3 heteroatoms. The van der Waals surface area contributed by atoms with E-state index in [-0.39, 0.29) is 24.6 Å². The predicted molar refractivity (Wildman–Crippen MR) is 105 cm³/mol. The van der Waals surface area contributed by atoms with Gasteiger partial charge in [0.15, 0.2) is 0 Å². The van der Waals surface area contributed by atoms with E-state index in [1.165, 1.54) is 5.56 Å². The predicted octanol–water partition coefficient (Wildman–Crippen LogP) is 5.05. The molecule has 0 spiro atoms. The van der Waals surface area contributed by atoms with Crippen molar-refractivity contribution in [3.63, 3.8) is 0 Å². The molecule has 136 valence electrons. The molecule has 0 heterocycles. The summed E-state index contributed by atoms with van der Waals surface area (Å²) >= 11 is 0. The van der Waals surface area contributed by atoms with Gasteiger partial charge >= 0.3 is 0 Å². The van der Waals surface area contributed by atoms with Gasteiger partial charge in [0.05, 0.1) is 12.3 Å². The van der Waals surface area contributed by atoms with Gasteiger partial charge in [0.1, 0.15) is 5.75 Å². The standard InChI is InChI=1S/C22H31NO2/c1-6-19(17-10-8-7-9-11-17)21-20(25)13-12-18(14-24)22(21)23(15(2)3)16(4)5/h7-13,15-16,19,24-25H,6,14H2,1-5H3. The number of rotatable bonds is 7. The Balaban J connectivity index is 2.75. The summed E-state index contributed by atoms with van der Waals surface area (Å²) in [5.41, 5.74) is 3.94. The minimum atomic E-state index is -0.0379. The van der Waals surface area contributed by atoms with Crippen molar-refractivity contribution in [3.8, 4) is 5.75 Å². The van der Waals surface area contributed by atoms with Crippen LogP contribution in [-0.4, -0.2) is 22.3 Å². The number of hydrogen-bond donors (Lipinski definition) is 2. The largest absolute Gasteiger partial charge is 0.508 e. The quantitative estimate of drug-likeness (QED) is 0.740. The monoisotopic (exact) mass is 341 g/mol. The Kier molecular flexibility index (Phi) is 6.49. The lowest BCUT2D eigenvalue weighted by atomic mass is 9.85. The minimum Gasteiger partial charge on any atom is -0.508 e. The van der Waals surface area contributed by atoms with Crippen LogP contribution in [0.1, 0.15) is 63.6 Å². The van der Waals surface area contributed by atoms with Crippen molar-refractivity contribution in [2.75, 3.05) is 4.90 Å². The van der Waals surface area contributed by atoms with Crippen LogP contribution < -0.4 is 4.90 Å². The number of benzene rings is 2. The highest BCUT2D eigenvalue weighted by molar-refractivity contribution is 5.67. The molecule has 0 aliphatic heterocycles. The summed E-state index contributed by atoms with van der Waals surface area (Å²) in [4.78, 5) is 2.30. The first-order valence-corrected chi connectivity index (χ1v) is 9.21. The van der Waals surface area contributed by atoms with Gasteiger partial charge in [-0.05, 0) is 45.7 Å². The maximum absolute atomic E-state index is 10.8. The smallest absolute Gasteiger partial charge is 0.121 e. The molecule has 1 unspecified atom stereocenters. The Morgan fingerprint density at radius 3 is 2.00 bits per heavy atom. The molecule has 0 fully saturated rings. The first-order chi connectivity index (χ1) is 11.9. The molecular formula is C22H31NO2. The Labute approximate surface area is 151 Å². The molecule has 3 nitrogen and oxygen atoms in total. The van der Waals surface area contributed by atoms with Crippen LogP contribution in [0.5, 0.6) is 5.75 Å². The van der Waals surface area contributed by atoms with Crippen LogP contribution >= 0.6 is 0 Å². The molecule has 0 aliphatic carbocycles. The minimum absolute atomic E-state index is 0.0379. The second-order valence-electron chi connectivity index (χ2n) is 7.13. The molecule has 25 heavy (non-hydrogen) atoms. The molecule has 0 radical (unpaired) electrons. The van der Waals surface area contributed by atoms with Crippen molar-refractivity contribution in [1.29, 1.82) is 0 Å². The fourth-order valence-corrected chi connectivity index (χ4v) is 3.82. The van der Waals surface area contributed by atoms with Crippen LogP contribution in [0, 0.1) is 0 Å². The third-order valence-corrected chi connectivity index (χ3v) is 4.78. The maximum Gasteiger partial charge on any atom is 0.121 e. The number of nitrogens with zero attached hydrogens (tertiary/aromatic N) is 1. The Morgan fingerprint density at radius 1 is 0.920 bits per heavy atom. The summed E-state index contributed by atoms with van der Waals surface area (Å²) < 4.78 is 0. The van der Waals surface area contributed by atoms with Gasteiger partial charge in [-0.1, -0.05) is 43.3 Å². The van der Waals surface area contributed by atoms with Gasteiger partial charge < -0.3 is 15.1 Å². The van der Waals surface area contributed by atoms with E-state index in [4.69, 9.17) is 0 Å². The molecule has 2 N–H and O–H groups in total. The average Bonchev–Trinajstić information content (AvgIpc) is 2.58. The summed E-state index contributed by atoms with van der Waals surface area (Å²) in [5.74, 6) is 0.386. The molecule has 0 saturated heterocycles. The van der Waals surface area contributed by atoms with Gasteiger partial charge in [0.25, 0.3) is 0 Å². The molecule has 0 bridgehead atoms. The first-order valence-electron chi connectivity index (χ1n) is 9.21. The zero-order valence-electron chi connectivity index (χ0n) is 16.0. The molecule has 1 atom stereocenters. The van der Waals surface area contributed by atoms with E-state index >= 15 is 0 Å². The zero-order chi connectivity index (χ0) is 18.6. The lowest BCUT2D eigenvalue weighted by Crippen LogP contribution is -2.38. The lowest BCUT2D eigenvalue weighted by molar-refractivity contribution is 0.281. The van der Waals surface area contributed by atoms with Gasteiger partial charge in [-0.2, -0.15) is 0 Å². The Bertz CT molecular complexity index is 672. The number of anilines is 1. The third kappa shape index (κ3) is 3.98. The Hall–Kier alpha value is -2.00. The number of phenolic OH excluding ortho intramolecular Hbond substituents is 1. The van der Waals surface area contributed by atoms with Crippen molar-refractivity contribution in [2.24, 2.45) is 0 Å². The number of aliphatic hydroxyl groups excluding tert-OH is 1. The number of hydrogen-bond acceptors (Lipinski definition) is 3. The van der Waals surface area contributed by atoms with Crippen molar-refractivity contribution in [2.45, 2.75) is 65.6 Å². The molecule has 0 aromatic heterocycles. The van der Waals surface area contributed by atoms with Crippen LogP contribution in [-0.2, 0) is 6.61 Å². The zero-order valence-corrected chi connectivity index (χ0v) is 16.0. The van der Waals surface area contributed by atoms with Crippen molar-refractivity contribution in [3.05, 3.63) is 59.2 Å². The second-order valence-corrected chi connectivity index (χ2v) is 7.13. The van der Waals surface area contributed by atoms with E-state index in [9.17, 15) is 10.2 Å². The van der Waals surface area contributed by atoms with E-state index in [2.05, 4.69) is 51.7 Å². The SMILES string of the molecule is CCC(c1ccccc1)c1c(O)ccc(CO)c1N(C(C)C)C(C)C. The maximum atomic E-state index is 10.8. The lowest BCUT2D eigenvalue weighted by Gasteiger charge is -2.38. The van der Waals surface area contributed by atoms with Crippen LogP contribution in [0.4, 0.5) is 5.69 Å². The fraction of sp³-hybridized carbons (Fsp3) is 0.455. The van der Waals surface area contributed by atoms with Crippen LogP contribution in [0.15, 0.2) is 42.5 Å². The van der Waals surface area contributed by atoms with E-state index in [0.717, 1.165) is 23.2 Å². The normalized spacial score (nSPS) is 12.6. The number of aliphatic hydroxyl groups is 1. The van der Waals surface area contributed by atoms with Crippen LogP contribution in [0.25, 0.3) is 0 Å².